The van der Waals surface area contributed by atoms with E-state index in [0.29, 0.717) is 28.0 Å². The molecule has 1 aromatic carbocycles. The first-order valence-corrected chi connectivity index (χ1v) is 9.54. The Morgan fingerprint density at radius 2 is 2.03 bits per heavy atom. The van der Waals surface area contributed by atoms with Gasteiger partial charge in [0, 0.05) is 44.3 Å². The molecule has 3 heterocycles. The number of ether oxygens (including phenoxy) is 1. The molecule has 3 N–H and O–H groups in total. The standard InChI is InChI=1S/C21H23N7O2/c1-12(22-2)14-6-5-13(9-16(14)23-3)30-21-26-18-15(20(29)27-21)7-8-24-19(18)17-10-28(4)11-25-17/h5-12,22-23H,1-4H3,(H,26,27,29). The number of fused-ring (bicyclic) bond motifs is 1. The topological polar surface area (TPSA) is 110 Å². The van der Waals surface area contributed by atoms with Crippen molar-refractivity contribution in [1.29, 1.82) is 0 Å². The zero-order chi connectivity index (χ0) is 21.3. The van der Waals surface area contributed by atoms with Gasteiger partial charge < -0.3 is 19.9 Å². The Kier molecular flexibility index (Phi) is 5.20. The van der Waals surface area contributed by atoms with Crippen molar-refractivity contribution in [2.24, 2.45) is 7.05 Å². The number of rotatable bonds is 6. The third kappa shape index (κ3) is 3.62. The van der Waals surface area contributed by atoms with Gasteiger partial charge in [0.05, 0.1) is 11.7 Å². The molecule has 154 valence electrons. The number of aromatic nitrogens is 5. The van der Waals surface area contributed by atoms with Crippen LogP contribution in [0.15, 0.2) is 47.8 Å². The molecule has 0 spiro atoms. The second-order valence-electron chi connectivity index (χ2n) is 6.96. The lowest BCUT2D eigenvalue weighted by Gasteiger charge is -2.17. The highest BCUT2D eigenvalue weighted by Crippen LogP contribution is 2.29. The molecule has 1 unspecified atom stereocenters. The highest BCUT2D eigenvalue weighted by atomic mass is 16.5. The molecule has 0 bridgehead atoms. The number of hydrogen-bond donors (Lipinski definition) is 3. The summed E-state index contributed by atoms with van der Waals surface area (Å²) in [5.41, 5.74) is 3.32. The summed E-state index contributed by atoms with van der Waals surface area (Å²) in [4.78, 5) is 28.6. The number of H-pyrrole nitrogens is 1. The Labute approximate surface area is 173 Å². The summed E-state index contributed by atoms with van der Waals surface area (Å²) in [6, 6.07) is 7.58. The van der Waals surface area contributed by atoms with Gasteiger partial charge in [-0.2, -0.15) is 4.98 Å². The minimum atomic E-state index is -0.302. The summed E-state index contributed by atoms with van der Waals surface area (Å²) >= 11 is 0. The third-order valence-electron chi connectivity index (χ3n) is 4.96. The van der Waals surface area contributed by atoms with E-state index in [-0.39, 0.29) is 17.6 Å². The van der Waals surface area contributed by atoms with E-state index in [1.165, 1.54) is 0 Å². The number of hydrogen-bond acceptors (Lipinski definition) is 7. The fraction of sp³-hybridized carbons (Fsp3) is 0.238. The molecule has 0 saturated heterocycles. The van der Waals surface area contributed by atoms with E-state index in [0.717, 1.165) is 11.3 Å². The summed E-state index contributed by atoms with van der Waals surface area (Å²) < 4.78 is 7.71. The van der Waals surface area contributed by atoms with Gasteiger partial charge in [0.2, 0.25) is 0 Å². The number of pyridine rings is 1. The summed E-state index contributed by atoms with van der Waals surface area (Å²) in [6.07, 6.45) is 5.07. The molecule has 0 aliphatic carbocycles. The van der Waals surface area contributed by atoms with Crippen LogP contribution in [0.4, 0.5) is 5.69 Å². The Morgan fingerprint density at radius 1 is 1.20 bits per heavy atom. The smallest absolute Gasteiger partial charge is 0.302 e. The molecule has 3 aromatic heterocycles. The molecule has 9 heteroatoms. The molecule has 0 fully saturated rings. The van der Waals surface area contributed by atoms with Gasteiger partial charge >= 0.3 is 6.01 Å². The molecule has 4 aromatic rings. The Balaban J connectivity index is 1.76. The van der Waals surface area contributed by atoms with E-state index < -0.39 is 0 Å². The highest BCUT2D eigenvalue weighted by Gasteiger charge is 2.15. The summed E-state index contributed by atoms with van der Waals surface area (Å²) in [7, 11) is 5.63. The second kappa shape index (κ2) is 7.96. The Hall–Kier alpha value is -3.72. The van der Waals surface area contributed by atoms with Gasteiger partial charge in [0.15, 0.2) is 0 Å². The Bertz CT molecular complexity index is 1260. The van der Waals surface area contributed by atoms with E-state index in [9.17, 15) is 4.79 Å². The lowest BCUT2D eigenvalue weighted by molar-refractivity contribution is 0.442. The van der Waals surface area contributed by atoms with Crippen LogP contribution < -0.4 is 20.9 Å². The van der Waals surface area contributed by atoms with Crippen molar-refractivity contribution in [3.63, 3.8) is 0 Å². The van der Waals surface area contributed by atoms with Crippen LogP contribution in [0.5, 0.6) is 11.8 Å². The number of aromatic amines is 1. The number of imidazole rings is 1. The molecule has 0 saturated carbocycles. The van der Waals surface area contributed by atoms with Crippen molar-refractivity contribution in [3.8, 4) is 23.1 Å². The number of benzene rings is 1. The van der Waals surface area contributed by atoms with Gasteiger partial charge in [-0.1, -0.05) is 6.07 Å². The van der Waals surface area contributed by atoms with E-state index in [4.69, 9.17) is 4.74 Å². The van der Waals surface area contributed by atoms with Crippen LogP contribution in [0.25, 0.3) is 22.3 Å². The predicted octanol–water partition coefficient (Wildman–Crippen LogP) is 2.83. The zero-order valence-electron chi connectivity index (χ0n) is 17.2. The zero-order valence-corrected chi connectivity index (χ0v) is 17.2. The number of anilines is 1. The highest BCUT2D eigenvalue weighted by molar-refractivity contribution is 5.89. The number of aryl methyl sites for hydroxylation is 1. The van der Waals surface area contributed by atoms with Gasteiger partial charge in [0.1, 0.15) is 22.7 Å². The first kappa shape index (κ1) is 19.6. The molecular formula is C21H23N7O2. The molecular weight excluding hydrogens is 382 g/mol. The maximum atomic E-state index is 12.6. The molecule has 1 atom stereocenters. The minimum absolute atomic E-state index is 0.0918. The first-order chi connectivity index (χ1) is 14.5. The van der Waals surface area contributed by atoms with Crippen LogP contribution in [0.2, 0.25) is 0 Å². The summed E-state index contributed by atoms with van der Waals surface area (Å²) in [5.74, 6) is 0.553. The van der Waals surface area contributed by atoms with Crippen LogP contribution in [-0.2, 0) is 7.05 Å². The average molecular weight is 405 g/mol. The molecule has 0 amide bonds. The lowest BCUT2D eigenvalue weighted by atomic mass is 10.1. The Morgan fingerprint density at radius 3 is 2.73 bits per heavy atom. The maximum absolute atomic E-state index is 12.6. The maximum Gasteiger partial charge on any atom is 0.302 e. The van der Waals surface area contributed by atoms with E-state index in [1.54, 1.807) is 18.6 Å². The van der Waals surface area contributed by atoms with Gasteiger partial charge in [-0.25, -0.2) is 4.98 Å². The molecule has 30 heavy (non-hydrogen) atoms. The SMILES string of the molecule is CNc1cc(Oc2nc3c(-c4cn(C)cn4)nccc3c(=O)[nH]2)ccc1C(C)NC. The molecule has 0 radical (unpaired) electrons. The van der Waals surface area contributed by atoms with Crippen molar-refractivity contribution in [2.45, 2.75) is 13.0 Å². The second-order valence-corrected chi connectivity index (χ2v) is 6.96. The predicted molar refractivity (Wildman–Crippen MR) is 116 cm³/mol. The van der Waals surface area contributed by atoms with Gasteiger partial charge in [0.25, 0.3) is 5.56 Å². The summed E-state index contributed by atoms with van der Waals surface area (Å²) in [6.45, 7) is 2.07. The lowest BCUT2D eigenvalue weighted by Crippen LogP contribution is -2.14. The quantitative estimate of drug-likeness (QED) is 0.452. The fourth-order valence-corrected chi connectivity index (χ4v) is 3.28. The van der Waals surface area contributed by atoms with Crippen LogP contribution in [0, 0.1) is 0 Å². The average Bonchev–Trinajstić information content (AvgIpc) is 3.18. The van der Waals surface area contributed by atoms with Crippen LogP contribution in [0.1, 0.15) is 18.5 Å². The van der Waals surface area contributed by atoms with E-state index >= 15 is 0 Å². The van der Waals surface area contributed by atoms with Gasteiger partial charge in [-0.05, 0) is 31.7 Å². The van der Waals surface area contributed by atoms with Crippen LogP contribution in [0.3, 0.4) is 0 Å². The monoisotopic (exact) mass is 405 g/mol. The minimum Gasteiger partial charge on any atom is -0.425 e. The van der Waals surface area contributed by atoms with Gasteiger partial charge in [-0.15, -0.1) is 0 Å². The first-order valence-electron chi connectivity index (χ1n) is 9.54. The van der Waals surface area contributed by atoms with Gasteiger partial charge in [-0.3, -0.25) is 14.8 Å². The van der Waals surface area contributed by atoms with E-state index in [2.05, 4.69) is 37.5 Å². The summed E-state index contributed by atoms with van der Waals surface area (Å²) in [5, 5.41) is 6.82. The van der Waals surface area contributed by atoms with Crippen LogP contribution in [-0.4, -0.2) is 38.6 Å². The normalized spacial score (nSPS) is 12.1. The van der Waals surface area contributed by atoms with Crippen molar-refractivity contribution in [2.75, 3.05) is 19.4 Å². The molecule has 0 aliphatic rings. The van der Waals surface area contributed by atoms with Crippen LogP contribution >= 0.6 is 0 Å². The molecule has 4 rings (SSSR count). The molecule has 9 nitrogen and oxygen atoms in total. The largest absolute Gasteiger partial charge is 0.425 e. The van der Waals surface area contributed by atoms with Crippen molar-refractivity contribution >= 4 is 16.6 Å². The fourth-order valence-electron chi connectivity index (χ4n) is 3.28. The van der Waals surface area contributed by atoms with Crippen molar-refractivity contribution < 1.29 is 4.74 Å². The third-order valence-corrected chi connectivity index (χ3v) is 4.96. The number of nitrogens with one attached hydrogen (secondary N) is 3. The van der Waals surface area contributed by atoms with Crippen molar-refractivity contribution in [1.82, 2.24) is 29.8 Å². The molecule has 0 aliphatic heterocycles. The van der Waals surface area contributed by atoms with Crippen molar-refractivity contribution in [3.05, 3.63) is 58.9 Å². The number of nitrogens with zero attached hydrogens (tertiary/aromatic N) is 4. The van der Waals surface area contributed by atoms with E-state index in [1.807, 2.05) is 50.1 Å².